The molecule has 134 valence electrons. The molecule has 0 bridgehead atoms. The van der Waals surface area contributed by atoms with Gasteiger partial charge in [0.05, 0.1) is 0 Å². The minimum atomic E-state index is -0.0986. The highest BCUT2D eigenvalue weighted by Crippen LogP contribution is 2.16. The fraction of sp³-hybridized carbons (Fsp3) is 0.353. The largest absolute Gasteiger partial charge is 0.361 e. The van der Waals surface area contributed by atoms with Gasteiger partial charge in [-0.05, 0) is 26.0 Å². The van der Waals surface area contributed by atoms with Crippen molar-refractivity contribution >= 4 is 11.7 Å². The zero-order chi connectivity index (χ0) is 18.1. The lowest BCUT2D eigenvalue weighted by molar-refractivity contribution is 0.0736. The summed E-state index contributed by atoms with van der Waals surface area (Å²) in [4.78, 5) is 20.5. The summed E-state index contributed by atoms with van der Waals surface area (Å²) >= 11 is 0. The van der Waals surface area contributed by atoms with Crippen LogP contribution in [-0.2, 0) is 0 Å². The molecule has 3 aromatic heterocycles. The molecule has 1 aliphatic rings. The number of carbonyl (C=O) groups is 1. The van der Waals surface area contributed by atoms with E-state index in [1.165, 1.54) is 0 Å². The van der Waals surface area contributed by atoms with Gasteiger partial charge in [-0.2, -0.15) is 0 Å². The molecule has 0 spiro atoms. The highest BCUT2D eigenvalue weighted by molar-refractivity contribution is 5.92. The number of nitrogens with zero attached hydrogens (tertiary/aromatic N) is 7. The van der Waals surface area contributed by atoms with Gasteiger partial charge in [0, 0.05) is 44.6 Å². The van der Waals surface area contributed by atoms with Gasteiger partial charge in [0.25, 0.3) is 5.91 Å². The van der Waals surface area contributed by atoms with Crippen LogP contribution in [0.3, 0.4) is 0 Å². The van der Waals surface area contributed by atoms with E-state index in [2.05, 4.69) is 25.2 Å². The third-order valence-corrected chi connectivity index (χ3v) is 4.45. The zero-order valence-electron chi connectivity index (χ0n) is 14.7. The SMILES string of the molecule is Cc1cc(C(=O)N2CCN(c3ccc(-n4ccnc4C)nn3)CC2)no1. The normalized spacial score (nSPS) is 14.7. The Morgan fingerprint density at radius 1 is 1.08 bits per heavy atom. The topological polar surface area (TPSA) is 93.2 Å². The molecule has 0 atom stereocenters. The number of aryl methyl sites for hydroxylation is 2. The third kappa shape index (κ3) is 3.03. The maximum Gasteiger partial charge on any atom is 0.276 e. The molecular weight excluding hydrogens is 334 g/mol. The summed E-state index contributed by atoms with van der Waals surface area (Å²) < 4.78 is 6.87. The van der Waals surface area contributed by atoms with E-state index in [-0.39, 0.29) is 5.91 Å². The minimum absolute atomic E-state index is 0.0986. The van der Waals surface area contributed by atoms with Crippen molar-refractivity contribution in [3.63, 3.8) is 0 Å². The first-order valence-corrected chi connectivity index (χ1v) is 8.43. The fourth-order valence-electron chi connectivity index (χ4n) is 3.00. The molecule has 0 N–H and O–H groups in total. The van der Waals surface area contributed by atoms with E-state index in [4.69, 9.17) is 4.52 Å². The number of carbonyl (C=O) groups excluding carboxylic acids is 1. The van der Waals surface area contributed by atoms with Crippen LogP contribution in [0.25, 0.3) is 5.82 Å². The molecule has 0 radical (unpaired) electrons. The van der Waals surface area contributed by atoms with E-state index < -0.39 is 0 Å². The number of hydrogen-bond acceptors (Lipinski definition) is 7. The van der Waals surface area contributed by atoms with Crippen LogP contribution in [0.4, 0.5) is 5.82 Å². The standard InChI is InChI=1S/C17H19N7O2/c1-12-11-14(21-26-12)17(25)23-9-7-22(8-10-23)15-3-4-16(20-19-15)24-6-5-18-13(24)2/h3-6,11H,7-10H2,1-2H3. The number of amides is 1. The van der Waals surface area contributed by atoms with Gasteiger partial charge in [0.2, 0.25) is 0 Å². The van der Waals surface area contributed by atoms with Crippen molar-refractivity contribution in [1.82, 2.24) is 29.8 Å². The molecule has 26 heavy (non-hydrogen) atoms. The van der Waals surface area contributed by atoms with Gasteiger partial charge in [-0.1, -0.05) is 5.16 Å². The monoisotopic (exact) mass is 353 g/mol. The van der Waals surface area contributed by atoms with Crippen molar-refractivity contribution in [1.29, 1.82) is 0 Å². The van der Waals surface area contributed by atoms with Gasteiger partial charge >= 0.3 is 0 Å². The van der Waals surface area contributed by atoms with Crippen LogP contribution >= 0.6 is 0 Å². The molecule has 1 saturated heterocycles. The first kappa shape index (κ1) is 16.2. The Morgan fingerprint density at radius 2 is 1.81 bits per heavy atom. The van der Waals surface area contributed by atoms with Crippen LogP contribution in [0.5, 0.6) is 0 Å². The maximum absolute atomic E-state index is 12.4. The average molecular weight is 353 g/mol. The van der Waals surface area contributed by atoms with E-state index >= 15 is 0 Å². The molecule has 9 heteroatoms. The second kappa shape index (κ2) is 6.58. The van der Waals surface area contributed by atoms with Crippen LogP contribution in [0, 0.1) is 13.8 Å². The minimum Gasteiger partial charge on any atom is -0.361 e. The Kier molecular flexibility index (Phi) is 4.11. The van der Waals surface area contributed by atoms with Crippen molar-refractivity contribution in [3.8, 4) is 5.82 Å². The lowest BCUT2D eigenvalue weighted by Crippen LogP contribution is -2.49. The third-order valence-electron chi connectivity index (χ3n) is 4.45. The molecule has 1 aliphatic heterocycles. The van der Waals surface area contributed by atoms with Crippen LogP contribution in [0.1, 0.15) is 22.1 Å². The zero-order valence-corrected chi connectivity index (χ0v) is 14.7. The second-order valence-electron chi connectivity index (χ2n) is 6.20. The van der Waals surface area contributed by atoms with Gasteiger partial charge in [0.15, 0.2) is 17.3 Å². The molecule has 3 aromatic rings. The first-order valence-electron chi connectivity index (χ1n) is 8.43. The Balaban J connectivity index is 1.40. The van der Waals surface area contributed by atoms with Crippen molar-refractivity contribution in [2.24, 2.45) is 0 Å². The van der Waals surface area contributed by atoms with Gasteiger partial charge in [-0.3, -0.25) is 9.36 Å². The summed E-state index contributed by atoms with van der Waals surface area (Å²) in [5.41, 5.74) is 0.357. The number of piperazine rings is 1. The molecule has 0 saturated carbocycles. The van der Waals surface area contributed by atoms with Crippen LogP contribution in [-0.4, -0.2) is 61.9 Å². The Hall–Kier alpha value is -3.23. The van der Waals surface area contributed by atoms with Crippen molar-refractivity contribution in [2.45, 2.75) is 13.8 Å². The summed E-state index contributed by atoms with van der Waals surface area (Å²) in [6.07, 6.45) is 3.59. The molecule has 4 rings (SSSR count). The lowest BCUT2D eigenvalue weighted by Gasteiger charge is -2.34. The molecule has 0 aromatic carbocycles. The Morgan fingerprint density at radius 3 is 2.38 bits per heavy atom. The molecular formula is C17H19N7O2. The lowest BCUT2D eigenvalue weighted by atomic mass is 10.2. The maximum atomic E-state index is 12.4. The van der Waals surface area contributed by atoms with Crippen molar-refractivity contribution < 1.29 is 9.32 Å². The number of hydrogen-bond donors (Lipinski definition) is 0. The Labute approximate surface area is 150 Å². The molecule has 0 aliphatic carbocycles. The summed E-state index contributed by atoms with van der Waals surface area (Å²) in [7, 11) is 0. The molecule has 1 amide bonds. The van der Waals surface area contributed by atoms with Crippen LogP contribution < -0.4 is 4.90 Å². The van der Waals surface area contributed by atoms with E-state index in [1.54, 1.807) is 24.1 Å². The highest BCUT2D eigenvalue weighted by Gasteiger charge is 2.25. The van der Waals surface area contributed by atoms with Crippen molar-refractivity contribution in [3.05, 3.63) is 47.9 Å². The molecule has 9 nitrogen and oxygen atoms in total. The van der Waals surface area contributed by atoms with Crippen LogP contribution in [0.2, 0.25) is 0 Å². The molecule has 0 unspecified atom stereocenters. The number of aromatic nitrogens is 5. The predicted molar refractivity (Wildman–Crippen MR) is 93.2 cm³/mol. The number of anilines is 1. The van der Waals surface area contributed by atoms with Gasteiger partial charge < -0.3 is 14.3 Å². The van der Waals surface area contributed by atoms with E-state index in [0.29, 0.717) is 37.6 Å². The second-order valence-corrected chi connectivity index (χ2v) is 6.20. The summed E-state index contributed by atoms with van der Waals surface area (Å²) in [6.45, 7) is 6.29. The summed E-state index contributed by atoms with van der Waals surface area (Å²) in [5, 5.41) is 12.4. The predicted octanol–water partition coefficient (Wildman–Crippen LogP) is 1.23. The van der Waals surface area contributed by atoms with E-state index in [0.717, 1.165) is 17.5 Å². The average Bonchev–Trinajstić information content (AvgIpc) is 3.30. The first-order chi connectivity index (χ1) is 12.6. The van der Waals surface area contributed by atoms with Gasteiger partial charge in [-0.15, -0.1) is 10.2 Å². The fourth-order valence-corrected chi connectivity index (χ4v) is 3.00. The number of imidazole rings is 1. The molecule has 4 heterocycles. The van der Waals surface area contributed by atoms with E-state index in [9.17, 15) is 4.79 Å². The highest BCUT2D eigenvalue weighted by atomic mass is 16.5. The van der Waals surface area contributed by atoms with Crippen molar-refractivity contribution in [2.75, 3.05) is 31.1 Å². The summed E-state index contributed by atoms with van der Waals surface area (Å²) in [6, 6.07) is 5.53. The quantitative estimate of drug-likeness (QED) is 0.699. The summed E-state index contributed by atoms with van der Waals surface area (Å²) in [5.74, 6) is 2.94. The molecule has 1 fully saturated rings. The Bertz CT molecular complexity index is 907. The van der Waals surface area contributed by atoms with Gasteiger partial charge in [0.1, 0.15) is 11.6 Å². The number of rotatable bonds is 3. The van der Waals surface area contributed by atoms with E-state index in [1.807, 2.05) is 29.8 Å². The van der Waals surface area contributed by atoms with Gasteiger partial charge in [-0.25, -0.2) is 4.98 Å². The van der Waals surface area contributed by atoms with Crippen LogP contribution in [0.15, 0.2) is 35.1 Å². The smallest absolute Gasteiger partial charge is 0.276 e.